The van der Waals surface area contributed by atoms with E-state index in [1.54, 1.807) is 49.4 Å². The van der Waals surface area contributed by atoms with Gasteiger partial charge in [-0.2, -0.15) is 0 Å². The van der Waals surface area contributed by atoms with Gasteiger partial charge in [-0.15, -0.1) is 0 Å². The molecule has 8 heteroatoms. The molecule has 0 bridgehead atoms. The van der Waals surface area contributed by atoms with E-state index >= 15 is 0 Å². The van der Waals surface area contributed by atoms with Crippen LogP contribution in [0.1, 0.15) is 38.3 Å². The Labute approximate surface area is 186 Å². The Morgan fingerprint density at radius 3 is 2.38 bits per heavy atom. The van der Waals surface area contributed by atoms with Crippen molar-refractivity contribution in [1.82, 2.24) is 0 Å². The summed E-state index contributed by atoms with van der Waals surface area (Å²) in [4.78, 5) is 28.3. The van der Waals surface area contributed by atoms with E-state index in [4.69, 9.17) is 23.7 Å². The van der Waals surface area contributed by atoms with Crippen molar-refractivity contribution in [2.24, 2.45) is 4.99 Å². The first-order chi connectivity index (χ1) is 15.5. The van der Waals surface area contributed by atoms with Gasteiger partial charge in [0.1, 0.15) is 0 Å². The van der Waals surface area contributed by atoms with Crippen LogP contribution in [-0.4, -0.2) is 38.2 Å². The summed E-state index contributed by atoms with van der Waals surface area (Å²) in [6.45, 7) is 6.43. The number of aliphatic imine (C=N–C) groups is 1. The number of carbonyl (C=O) groups is 2. The summed E-state index contributed by atoms with van der Waals surface area (Å²) in [5.74, 6) is 1.05. The van der Waals surface area contributed by atoms with Crippen LogP contribution in [0.5, 0.6) is 23.0 Å². The summed E-state index contributed by atoms with van der Waals surface area (Å²) in [7, 11) is 1.47. The Bertz CT molecular complexity index is 1070. The van der Waals surface area contributed by atoms with Crippen LogP contribution in [0.4, 0.5) is 0 Å². The van der Waals surface area contributed by atoms with Gasteiger partial charge in [0.2, 0.25) is 5.90 Å². The largest absolute Gasteiger partial charge is 0.493 e. The number of hydrogen-bond acceptors (Lipinski definition) is 8. The fraction of sp³-hybridized carbons (Fsp3) is 0.292. The van der Waals surface area contributed by atoms with E-state index < -0.39 is 5.97 Å². The average molecular weight is 439 g/mol. The highest BCUT2D eigenvalue weighted by atomic mass is 16.6. The van der Waals surface area contributed by atoms with Gasteiger partial charge in [0.25, 0.3) is 0 Å². The molecular weight excluding hydrogens is 414 g/mol. The summed E-state index contributed by atoms with van der Waals surface area (Å²) in [5, 5.41) is 0. The molecule has 0 unspecified atom stereocenters. The van der Waals surface area contributed by atoms with Crippen molar-refractivity contribution in [2.45, 2.75) is 27.2 Å². The van der Waals surface area contributed by atoms with E-state index in [0.29, 0.717) is 47.3 Å². The molecule has 3 rings (SSSR count). The standard InChI is InChI=1S/C24H25NO7/c1-5-22(26)31-19-10-8-15(13-20(19)28-4)12-17-24(27)32-23(25-17)16-9-11-18(29-6-2)21(14-16)30-7-3/h8-14H,5-7H2,1-4H3/b17-12-. The SMILES string of the molecule is CCOc1ccc(C2=N/C(=C\c3ccc(OC(=O)CC)c(OC)c3)C(=O)O2)cc1OCC. The lowest BCUT2D eigenvalue weighted by molar-refractivity contribution is -0.134. The van der Waals surface area contributed by atoms with Crippen molar-refractivity contribution in [2.75, 3.05) is 20.3 Å². The van der Waals surface area contributed by atoms with Crippen LogP contribution >= 0.6 is 0 Å². The Hall–Kier alpha value is -3.81. The second-order valence-corrected chi connectivity index (χ2v) is 6.60. The van der Waals surface area contributed by atoms with Crippen LogP contribution in [0, 0.1) is 0 Å². The Balaban J connectivity index is 1.89. The zero-order valence-corrected chi connectivity index (χ0v) is 18.5. The molecule has 1 aliphatic heterocycles. The number of esters is 2. The van der Waals surface area contributed by atoms with Gasteiger partial charge < -0.3 is 23.7 Å². The minimum Gasteiger partial charge on any atom is -0.493 e. The zero-order valence-electron chi connectivity index (χ0n) is 18.5. The van der Waals surface area contributed by atoms with Crippen LogP contribution in [0.15, 0.2) is 47.1 Å². The number of methoxy groups -OCH3 is 1. The maximum Gasteiger partial charge on any atom is 0.363 e. The highest BCUT2D eigenvalue weighted by Gasteiger charge is 2.25. The lowest BCUT2D eigenvalue weighted by atomic mass is 10.1. The molecule has 8 nitrogen and oxygen atoms in total. The highest BCUT2D eigenvalue weighted by molar-refractivity contribution is 6.13. The van der Waals surface area contributed by atoms with Gasteiger partial charge in [-0.25, -0.2) is 9.79 Å². The van der Waals surface area contributed by atoms with E-state index in [-0.39, 0.29) is 24.0 Å². The van der Waals surface area contributed by atoms with Crippen LogP contribution in [0.3, 0.4) is 0 Å². The molecule has 0 aromatic heterocycles. The first-order valence-electron chi connectivity index (χ1n) is 10.3. The van der Waals surface area contributed by atoms with E-state index in [0.717, 1.165) is 0 Å². The van der Waals surface area contributed by atoms with Crippen molar-refractivity contribution in [3.63, 3.8) is 0 Å². The molecule has 0 saturated carbocycles. The molecule has 0 aliphatic carbocycles. The minimum atomic E-state index is -0.577. The van der Waals surface area contributed by atoms with E-state index in [1.165, 1.54) is 7.11 Å². The number of rotatable bonds is 9. The second kappa shape index (κ2) is 10.5. The van der Waals surface area contributed by atoms with Crippen molar-refractivity contribution >= 4 is 23.9 Å². The molecule has 0 saturated heterocycles. The molecule has 0 N–H and O–H groups in total. The van der Waals surface area contributed by atoms with Gasteiger partial charge >= 0.3 is 11.9 Å². The summed E-state index contributed by atoms with van der Waals surface area (Å²) in [5.41, 5.74) is 1.36. The van der Waals surface area contributed by atoms with Gasteiger partial charge in [-0.05, 0) is 55.8 Å². The molecule has 0 spiro atoms. The molecule has 2 aromatic rings. The summed E-state index contributed by atoms with van der Waals surface area (Å²) in [6.07, 6.45) is 1.82. The molecule has 1 aliphatic rings. The van der Waals surface area contributed by atoms with Gasteiger partial charge in [0.05, 0.1) is 20.3 Å². The lowest BCUT2D eigenvalue weighted by Crippen LogP contribution is -2.07. The molecule has 0 atom stereocenters. The third kappa shape index (κ3) is 5.26. The zero-order chi connectivity index (χ0) is 23.1. The number of ether oxygens (including phenoxy) is 5. The highest BCUT2D eigenvalue weighted by Crippen LogP contribution is 2.32. The smallest absolute Gasteiger partial charge is 0.363 e. The summed E-state index contributed by atoms with van der Waals surface area (Å²) < 4.78 is 27.1. The summed E-state index contributed by atoms with van der Waals surface area (Å²) in [6, 6.07) is 10.2. The van der Waals surface area contributed by atoms with Gasteiger partial charge in [0.15, 0.2) is 28.7 Å². The maximum absolute atomic E-state index is 12.4. The lowest BCUT2D eigenvalue weighted by Gasteiger charge is -2.11. The predicted octanol–water partition coefficient (Wildman–Crippen LogP) is 4.15. The topological polar surface area (TPSA) is 92.7 Å². The van der Waals surface area contributed by atoms with Crippen molar-refractivity contribution in [1.29, 1.82) is 0 Å². The van der Waals surface area contributed by atoms with Crippen molar-refractivity contribution in [3.8, 4) is 23.0 Å². The number of hydrogen-bond donors (Lipinski definition) is 0. The summed E-state index contributed by atoms with van der Waals surface area (Å²) >= 11 is 0. The molecule has 0 radical (unpaired) electrons. The van der Waals surface area contributed by atoms with Crippen LogP contribution < -0.4 is 18.9 Å². The van der Waals surface area contributed by atoms with Gasteiger partial charge in [-0.3, -0.25) is 4.79 Å². The Morgan fingerprint density at radius 2 is 1.69 bits per heavy atom. The predicted molar refractivity (Wildman–Crippen MR) is 118 cm³/mol. The molecule has 0 amide bonds. The first-order valence-corrected chi connectivity index (χ1v) is 10.3. The molecule has 0 fully saturated rings. The quantitative estimate of drug-likeness (QED) is 0.329. The minimum absolute atomic E-state index is 0.132. The van der Waals surface area contributed by atoms with Crippen molar-refractivity contribution in [3.05, 3.63) is 53.2 Å². The maximum atomic E-state index is 12.4. The fourth-order valence-electron chi connectivity index (χ4n) is 2.93. The monoisotopic (exact) mass is 439 g/mol. The fourth-order valence-corrected chi connectivity index (χ4v) is 2.93. The number of carbonyl (C=O) groups excluding carboxylic acids is 2. The average Bonchev–Trinajstić information content (AvgIpc) is 3.16. The van der Waals surface area contributed by atoms with E-state index in [9.17, 15) is 9.59 Å². The van der Waals surface area contributed by atoms with Gasteiger partial charge in [0, 0.05) is 12.0 Å². The third-order valence-corrected chi connectivity index (χ3v) is 4.41. The molecular formula is C24H25NO7. The molecule has 2 aromatic carbocycles. The van der Waals surface area contributed by atoms with Crippen LogP contribution in [0.2, 0.25) is 0 Å². The van der Waals surface area contributed by atoms with Crippen LogP contribution in [0.25, 0.3) is 6.08 Å². The molecule has 168 valence electrons. The van der Waals surface area contributed by atoms with Crippen molar-refractivity contribution < 1.29 is 33.3 Å². The van der Waals surface area contributed by atoms with E-state index in [1.807, 2.05) is 13.8 Å². The van der Waals surface area contributed by atoms with Crippen LogP contribution in [-0.2, 0) is 14.3 Å². The molecule has 1 heterocycles. The number of cyclic esters (lactones) is 1. The number of nitrogens with zero attached hydrogens (tertiary/aromatic N) is 1. The van der Waals surface area contributed by atoms with Gasteiger partial charge in [-0.1, -0.05) is 13.0 Å². The Morgan fingerprint density at radius 1 is 0.969 bits per heavy atom. The number of benzene rings is 2. The normalized spacial score (nSPS) is 14.1. The molecule has 32 heavy (non-hydrogen) atoms. The van der Waals surface area contributed by atoms with E-state index in [2.05, 4.69) is 4.99 Å². The Kier molecular flexibility index (Phi) is 7.49. The third-order valence-electron chi connectivity index (χ3n) is 4.41. The first kappa shape index (κ1) is 22.9. The second-order valence-electron chi connectivity index (χ2n) is 6.60.